The van der Waals surface area contributed by atoms with Crippen LogP contribution in [0.3, 0.4) is 0 Å². The topological polar surface area (TPSA) is 66.8 Å². The van der Waals surface area contributed by atoms with Crippen LogP contribution in [0.15, 0.2) is 24.3 Å². The van der Waals surface area contributed by atoms with Crippen molar-refractivity contribution in [2.24, 2.45) is 0 Å². The second-order valence-corrected chi connectivity index (χ2v) is 4.45. The Bertz CT molecular complexity index is 491. The zero-order chi connectivity index (χ0) is 13.3. The van der Waals surface area contributed by atoms with Crippen LogP contribution in [0, 0.1) is 0 Å². The Labute approximate surface area is 109 Å². The molecule has 2 rings (SSSR count). The maximum atomic E-state index is 11.5. The van der Waals surface area contributed by atoms with E-state index in [-0.39, 0.29) is 12.5 Å². The third kappa shape index (κ3) is 2.19. The Balaban J connectivity index is 2.40. The molecule has 1 aliphatic rings. The summed E-state index contributed by atoms with van der Waals surface area (Å²) in [6.45, 7) is -0.143. The van der Waals surface area contributed by atoms with Crippen molar-refractivity contribution in [3.05, 3.63) is 34.9 Å². The van der Waals surface area contributed by atoms with Gasteiger partial charge in [0.25, 0.3) is 0 Å². The van der Waals surface area contributed by atoms with Crippen LogP contribution >= 0.6 is 11.6 Å². The standard InChI is InChI=1S/C12H12ClNO4/c1-14-9(15)6-18-11(10(14)12(16)17)7-4-2-3-5-8(7)13/h2-5,10-11H,6H2,1H3,(H,16,17). The zero-order valence-electron chi connectivity index (χ0n) is 9.67. The molecular formula is C12H12ClNO4. The third-order valence-electron chi connectivity index (χ3n) is 2.95. The van der Waals surface area contributed by atoms with Crippen LogP contribution in [-0.4, -0.2) is 41.6 Å². The number of hydrogen-bond donors (Lipinski definition) is 1. The summed E-state index contributed by atoms with van der Waals surface area (Å²) in [6.07, 6.45) is -0.751. The highest BCUT2D eigenvalue weighted by Crippen LogP contribution is 2.32. The highest BCUT2D eigenvalue weighted by molar-refractivity contribution is 6.31. The number of carbonyl (C=O) groups excluding carboxylic acids is 1. The first-order chi connectivity index (χ1) is 8.52. The maximum Gasteiger partial charge on any atom is 0.329 e. The SMILES string of the molecule is CN1C(=O)COC(c2ccccc2Cl)C1C(=O)O. The maximum absolute atomic E-state index is 11.5. The summed E-state index contributed by atoms with van der Waals surface area (Å²) in [5, 5.41) is 9.66. The Morgan fingerprint density at radius 2 is 2.17 bits per heavy atom. The molecule has 1 saturated heterocycles. The summed E-state index contributed by atoms with van der Waals surface area (Å²) in [7, 11) is 1.45. The minimum Gasteiger partial charge on any atom is -0.480 e. The number of carboxylic acids is 1. The molecular weight excluding hydrogens is 258 g/mol. The number of carboxylic acid groups (broad SMARTS) is 1. The lowest BCUT2D eigenvalue weighted by molar-refractivity contribution is -0.169. The van der Waals surface area contributed by atoms with Gasteiger partial charge in [0, 0.05) is 17.6 Å². The van der Waals surface area contributed by atoms with Crippen LogP contribution in [-0.2, 0) is 14.3 Å². The number of ether oxygens (including phenoxy) is 1. The van der Waals surface area contributed by atoms with E-state index in [4.69, 9.17) is 16.3 Å². The first-order valence-electron chi connectivity index (χ1n) is 5.37. The van der Waals surface area contributed by atoms with Crippen molar-refractivity contribution in [1.82, 2.24) is 4.90 Å². The highest BCUT2D eigenvalue weighted by atomic mass is 35.5. The second-order valence-electron chi connectivity index (χ2n) is 4.04. The van der Waals surface area contributed by atoms with Crippen molar-refractivity contribution in [2.45, 2.75) is 12.1 Å². The number of halogens is 1. The molecule has 0 bridgehead atoms. The van der Waals surface area contributed by atoms with E-state index < -0.39 is 18.1 Å². The van der Waals surface area contributed by atoms with E-state index in [2.05, 4.69) is 0 Å². The van der Waals surface area contributed by atoms with Gasteiger partial charge in [-0.1, -0.05) is 29.8 Å². The molecule has 1 fully saturated rings. The Kier molecular flexibility index (Phi) is 3.54. The summed E-state index contributed by atoms with van der Waals surface area (Å²) in [6, 6.07) is 5.80. The fourth-order valence-electron chi connectivity index (χ4n) is 1.97. The lowest BCUT2D eigenvalue weighted by atomic mass is 9.99. The van der Waals surface area contributed by atoms with E-state index in [0.717, 1.165) is 0 Å². The first kappa shape index (κ1) is 12.9. The van der Waals surface area contributed by atoms with Gasteiger partial charge in [-0.05, 0) is 6.07 Å². The van der Waals surface area contributed by atoms with Crippen molar-refractivity contribution in [1.29, 1.82) is 0 Å². The minimum absolute atomic E-state index is 0.143. The van der Waals surface area contributed by atoms with E-state index in [1.54, 1.807) is 24.3 Å². The molecule has 2 atom stereocenters. The van der Waals surface area contributed by atoms with Crippen LogP contribution in [0.25, 0.3) is 0 Å². The van der Waals surface area contributed by atoms with E-state index in [1.807, 2.05) is 0 Å². The molecule has 0 saturated carbocycles. The molecule has 6 heteroatoms. The molecule has 0 aliphatic carbocycles. The fraction of sp³-hybridized carbons (Fsp3) is 0.333. The molecule has 0 radical (unpaired) electrons. The largest absolute Gasteiger partial charge is 0.480 e. The summed E-state index contributed by atoms with van der Waals surface area (Å²) in [5.74, 6) is -1.47. The predicted octanol–water partition coefficient (Wildman–Crippen LogP) is 1.32. The van der Waals surface area contributed by atoms with E-state index >= 15 is 0 Å². The van der Waals surface area contributed by atoms with Gasteiger partial charge < -0.3 is 14.7 Å². The smallest absolute Gasteiger partial charge is 0.329 e. The van der Waals surface area contributed by atoms with Crippen molar-refractivity contribution in [2.75, 3.05) is 13.7 Å². The van der Waals surface area contributed by atoms with E-state index in [1.165, 1.54) is 11.9 Å². The quantitative estimate of drug-likeness (QED) is 0.879. The lowest BCUT2D eigenvalue weighted by Crippen LogP contribution is -2.52. The second kappa shape index (κ2) is 4.96. The summed E-state index contributed by atoms with van der Waals surface area (Å²) < 4.78 is 5.34. The van der Waals surface area contributed by atoms with Crippen molar-refractivity contribution in [3.8, 4) is 0 Å². The van der Waals surface area contributed by atoms with Gasteiger partial charge in [-0.15, -0.1) is 0 Å². The molecule has 0 aromatic heterocycles. The summed E-state index contributed by atoms with van der Waals surface area (Å²) >= 11 is 6.04. The van der Waals surface area contributed by atoms with E-state index in [0.29, 0.717) is 10.6 Å². The zero-order valence-corrected chi connectivity index (χ0v) is 10.4. The number of hydrogen-bond acceptors (Lipinski definition) is 3. The third-order valence-corrected chi connectivity index (χ3v) is 3.29. The van der Waals surface area contributed by atoms with Gasteiger partial charge in [0.05, 0.1) is 0 Å². The van der Waals surface area contributed by atoms with Crippen LogP contribution in [0.2, 0.25) is 5.02 Å². The molecule has 1 amide bonds. The predicted molar refractivity (Wildman–Crippen MR) is 64.3 cm³/mol. The van der Waals surface area contributed by atoms with Crippen LogP contribution in [0.4, 0.5) is 0 Å². The van der Waals surface area contributed by atoms with Crippen molar-refractivity contribution >= 4 is 23.5 Å². The number of morpholine rings is 1. The fourth-order valence-corrected chi connectivity index (χ4v) is 2.22. The van der Waals surface area contributed by atoms with Gasteiger partial charge >= 0.3 is 5.97 Å². The first-order valence-corrected chi connectivity index (χ1v) is 5.74. The number of benzene rings is 1. The average Bonchev–Trinajstić information content (AvgIpc) is 2.33. The molecule has 1 heterocycles. The molecule has 18 heavy (non-hydrogen) atoms. The average molecular weight is 270 g/mol. The van der Waals surface area contributed by atoms with Gasteiger partial charge in [0.2, 0.25) is 5.91 Å². The lowest BCUT2D eigenvalue weighted by Gasteiger charge is -2.36. The van der Waals surface area contributed by atoms with Gasteiger partial charge in [-0.25, -0.2) is 4.79 Å². The molecule has 1 N–H and O–H groups in total. The molecule has 1 aromatic rings. The molecule has 2 unspecified atom stereocenters. The number of rotatable bonds is 2. The highest BCUT2D eigenvalue weighted by Gasteiger charge is 2.41. The molecule has 0 spiro atoms. The number of likely N-dealkylation sites (N-methyl/N-ethyl adjacent to an activating group) is 1. The Hall–Kier alpha value is -1.59. The minimum atomic E-state index is -1.12. The van der Waals surface area contributed by atoms with Gasteiger partial charge in [-0.2, -0.15) is 0 Å². The molecule has 96 valence electrons. The van der Waals surface area contributed by atoms with Gasteiger partial charge in [-0.3, -0.25) is 4.79 Å². The monoisotopic (exact) mass is 269 g/mol. The van der Waals surface area contributed by atoms with Crippen LogP contribution in [0.1, 0.15) is 11.7 Å². The molecule has 1 aliphatic heterocycles. The Morgan fingerprint density at radius 3 is 2.78 bits per heavy atom. The van der Waals surface area contributed by atoms with E-state index in [9.17, 15) is 14.7 Å². The molecule has 5 nitrogen and oxygen atoms in total. The van der Waals surface area contributed by atoms with Gasteiger partial charge in [0.15, 0.2) is 6.04 Å². The van der Waals surface area contributed by atoms with Crippen molar-refractivity contribution < 1.29 is 19.4 Å². The van der Waals surface area contributed by atoms with Crippen LogP contribution < -0.4 is 0 Å². The Morgan fingerprint density at radius 1 is 1.50 bits per heavy atom. The number of aliphatic carboxylic acids is 1. The number of amides is 1. The molecule has 1 aromatic carbocycles. The van der Waals surface area contributed by atoms with Crippen LogP contribution in [0.5, 0.6) is 0 Å². The van der Waals surface area contributed by atoms with Crippen molar-refractivity contribution in [3.63, 3.8) is 0 Å². The normalized spacial score (nSPS) is 24.1. The van der Waals surface area contributed by atoms with Gasteiger partial charge in [0.1, 0.15) is 12.7 Å². The summed E-state index contributed by atoms with van der Waals surface area (Å²) in [4.78, 5) is 23.9. The number of carbonyl (C=O) groups is 2. The number of nitrogens with zero attached hydrogens (tertiary/aromatic N) is 1. The summed E-state index contributed by atoms with van der Waals surface area (Å²) in [5.41, 5.74) is 0.575.